The van der Waals surface area contributed by atoms with Crippen molar-refractivity contribution in [2.75, 3.05) is 0 Å². The largest absolute Gasteiger partial charge is 0.456 e. The van der Waals surface area contributed by atoms with E-state index in [4.69, 9.17) is 23.8 Å². The zero-order chi connectivity index (χ0) is 29.0. The summed E-state index contributed by atoms with van der Waals surface area (Å²) >= 11 is 0. The van der Waals surface area contributed by atoms with Crippen LogP contribution in [-0.2, 0) is 0 Å². The highest BCUT2D eigenvalue weighted by Crippen LogP contribution is 2.35. The predicted molar refractivity (Wildman–Crippen MR) is 176 cm³/mol. The predicted octanol–water partition coefficient (Wildman–Crippen LogP) is 10.3. The van der Waals surface area contributed by atoms with E-state index in [0.717, 1.165) is 71.7 Å². The van der Waals surface area contributed by atoms with Gasteiger partial charge in [-0.2, -0.15) is 0 Å². The van der Waals surface area contributed by atoms with Gasteiger partial charge in [-0.3, -0.25) is 0 Å². The van der Waals surface area contributed by atoms with Gasteiger partial charge in [0.1, 0.15) is 22.3 Å². The van der Waals surface area contributed by atoms with Gasteiger partial charge in [-0.05, 0) is 53.6 Å². The normalized spacial score (nSPS) is 11.6. The number of benzene rings is 6. The number of nitrogens with zero attached hydrogens (tertiary/aromatic N) is 3. The second-order valence-corrected chi connectivity index (χ2v) is 10.9. The molecule has 5 nitrogen and oxygen atoms in total. The van der Waals surface area contributed by atoms with E-state index >= 15 is 0 Å². The maximum Gasteiger partial charge on any atom is 0.164 e. The Balaban J connectivity index is 1.22. The number of hydrogen-bond donors (Lipinski definition) is 0. The first-order chi connectivity index (χ1) is 21.8. The molecule has 0 spiro atoms. The van der Waals surface area contributed by atoms with Crippen molar-refractivity contribution in [1.82, 2.24) is 15.0 Å². The fourth-order valence-corrected chi connectivity index (χ4v) is 5.94. The first kappa shape index (κ1) is 24.5. The molecule has 0 radical (unpaired) electrons. The van der Waals surface area contributed by atoms with E-state index in [2.05, 4.69) is 66.7 Å². The molecule has 0 N–H and O–H groups in total. The summed E-state index contributed by atoms with van der Waals surface area (Å²) in [5.74, 6) is 1.78. The molecule has 0 aliphatic heterocycles. The maximum absolute atomic E-state index is 6.20. The summed E-state index contributed by atoms with van der Waals surface area (Å²) in [7, 11) is 0. The van der Waals surface area contributed by atoms with Crippen molar-refractivity contribution in [1.29, 1.82) is 0 Å². The molecule has 9 rings (SSSR count). The van der Waals surface area contributed by atoms with Gasteiger partial charge in [-0.15, -0.1) is 0 Å². The van der Waals surface area contributed by atoms with E-state index < -0.39 is 0 Å². The summed E-state index contributed by atoms with van der Waals surface area (Å²) in [6.45, 7) is 0. The molecule has 0 fully saturated rings. The lowest BCUT2D eigenvalue weighted by atomic mass is 10.0. The molecular formula is C39H23N3O2. The second kappa shape index (κ2) is 9.75. The van der Waals surface area contributed by atoms with Crippen LogP contribution < -0.4 is 0 Å². The first-order valence-corrected chi connectivity index (χ1v) is 14.5. The highest BCUT2D eigenvalue weighted by atomic mass is 16.3. The molecule has 0 saturated heterocycles. The average Bonchev–Trinajstić information content (AvgIpc) is 3.66. The lowest BCUT2D eigenvalue weighted by Crippen LogP contribution is -2.00. The number of hydrogen-bond acceptors (Lipinski definition) is 5. The van der Waals surface area contributed by atoms with Crippen molar-refractivity contribution in [3.05, 3.63) is 140 Å². The second-order valence-electron chi connectivity index (χ2n) is 10.9. The third kappa shape index (κ3) is 4.06. The van der Waals surface area contributed by atoms with E-state index in [9.17, 15) is 0 Å². The van der Waals surface area contributed by atoms with Gasteiger partial charge in [0, 0.05) is 38.2 Å². The van der Waals surface area contributed by atoms with Crippen LogP contribution in [0.25, 0.3) is 89.2 Å². The number of aromatic nitrogens is 3. The van der Waals surface area contributed by atoms with E-state index in [1.54, 1.807) is 0 Å². The zero-order valence-electron chi connectivity index (χ0n) is 23.4. The average molecular weight is 566 g/mol. The maximum atomic E-state index is 6.20. The van der Waals surface area contributed by atoms with Crippen molar-refractivity contribution >= 4 is 43.9 Å². The Morgan fingerprint density at radius 2 is 0.750 bits per heavy atom. The molecule has 0 saturated carbocycles. The van der Waals surface area contributed by atoms with Crippen LogP contribution in [0.2, 0.25) is 0 Å². The first-order valence-electron chi connectivity index (χ1n) is 14.5. The van der Waals surface area contributed by atoms with Crippen LogP contribution in [0.4, 0.5) is 0 Å². The molecule has 0 bridgehead atoms. The van der Waals surface area contributed by atoms with Gasteiger partial charge in [-0.25, -0.2) is 15.0 Å². The monoisotopic (exact) mass is 565 g/mol. The molecule has 206 valence electrons. The topological polar surface area (TPSA) is 65.0 Å². The smallest absolute Gasteiger partial charge is 0.164 e. The molecular weight excluding hydrogens is 542 g/mol. The third-order valence-electron chi connectivity index (χ3n) is 8.16. The lowest BCUT2D eigenvalue weighted by molar-refractivity contribution is 0.668. The number of rotatable bonds is 4. The SMILES string of the molecule is c1ccc(-c2ccc(-c3nc(-c4ccc5c(c4)oc4ccccc45)nc(-c4ccc5oc6ccccc6c5c4)n3)cc2)cc1. The minimum Gasteiger partial charge on any atom is -0.456 e. The van der Waals surface area contributed by atoms with Crippen molar-refractivity contribution in [2.45, 2.75) is 0 Å². The summed E-state index contributed by atoms with van der Waals surface area (Å²) in [5, 5.41) is 4.24. The fraction of sp³-hybridized carbons (Fsp3) is 0. The van der Waals surface area contributed by atoms with Gasteiger partial charge in [0.25, 0.3) is 0 Å². The van der Waals surface area contributed by atoms with Gasteiger partial charge in [-0.1, -0.05) is 97.1 Å². The van der Waals surface area contributed by atoms with Crippen molar-refractivity contribution in [3.8, 4) is 45.3 Å². The molecule has 0 aliphatic rings. The summed E-state index contributed by atoms with van der Waals surface area (Å²) in [6.07, 6.45) is 0. The van der Waals surface area contributed by atoms with Gasteiger partial charge in [0.2, 0.25) is 0 Å². The molecule has 0 amide bonds. The molecule has 3 aromatic heterocycles. The number of fused-ring (bicyclic) bond motifs is 6. The molecule has 9 aromatic rings. The van der Waals surface area contributed by atoms with Gasteiger partial charge in [0.15, 0.2) is 17.5 Å². The Morgan fingerprint density at radius 1 is 0.295 bits per heavy atom. The van der Waals surface area contributed by atoms with Crippen LogP contribution in [0.5, 0.6) is 0 Å². The molecule has 0 aliphatic carbocycles. The summed E-state index contributed by atoms with van der Waals surface area (Å²) in [4.78, 5) is 15.0. The van der Waals surface area contributed by atoms with Crippen LogP contribution in [0.3, 0.4) is 0 Å². The Hall–Kier alpha value is -6.07. The van der Waals surface area contributed by atoms with Crippen LogP contribution in [0, 0.1) is 0 Å². The zero-order valence-corrected chi connectivity index (χ0v) is 23.4. The Kier molecular flexibility index (Phi) is 5.43. The van der Waals surface area contributed by atoms with Crippen molar-refractivity contribution in [2.24, 2.45) is 0 Å². The van der Waals surface area contributed by atoms with Crippen LogP contribution in [0.1, 0.15) is 0 Å². The Labute approximate surface area is 252 Å². The molecule has 5 heteroatoms. The summed E-state index contributed by atoms with van der Waals surface area (Å²) in [6, 6.07) is 47.1. The fourth-order valence-electron chi connectivity index (χ4n) is 5.94. The van der Waals surface area contributed by atoms with E-state index in [0.29, 0.717) is 17.5 Å². The minimum atomic E-state index is 0.580. The number of para-hydroxylation sites is 2. The molecule has 44 heavy (non-hydrogen) atoms. The van der Waals surface area contributed by atoms with Gasteiger partial charge >= 0.3 is 0 Å². The quantitative estimate of drug-likeness (QED) is 0.212. The summed E-state index contributed by atoms with van der Waals surface area (Å²) < 4.78 is 12.3. The van der Waals surface area contributed by atoms with Crippen LogP contribution >= 0.6 is 0 Å². The lowest BCUT2D eigenvalue weighted by Gasteiger charge is -2.09. The van der Waals surface area contributed by atoms with Gasteiger partial charge in [0.05, 0.1) is 0 Å². The van der Waals surface area contributed by atoms with E-state index in [1.165, 1.54) is 0 Å². The van der Waals surface area contributed by atoms with E-state index in [1.807, 2.05) is 72.8 Å². The van der Waals surface area contributed by atoms with Crippen molar-refractivity contribution in [3.63, 3.8) is 0 Å². The van der Waals surface area contributed by atoms with Crippen LogP contribution in [-0.4, -0.2) is 15.0 Å². The molecule has 6 aromatic carbocycles. The Bertz CT molecular complexity index is 2490. The molecule has 0 atom stereocenters. The molecule has 0 unspecified atom stereocenters. The highest BCUT2D eigenvalue weighted by molar-refractivity contribution is 6.07. The van der Waals surface area contributed by atoms with Gasteiger partial charge < -0.3 is 8.83 Å². The minimum absolute atomic E-state index is 0.580. The summed E-state index contributed by atoms with van der Waals surface area (Å²) in [5.41, 5.74) is 8.30. The van der Waals surface area contributed by atoms with Crippen molar-refractivity contribution < 1.29 is 8.83 Å². The third-order valence-corrected chi connectivity index (χ3v) is 8.16. The highest BCUT2D eigenvalue weighted by Gasteiger charge is 2.16. The van der Waals surface area contributed by atoms with Crippen LogP contribution in [0.15, 0.2) is 148 Å². The number of furan rings is 2. The molecule has 3 heterocycles. The standard InChI is InChI=1S/C39H23N3O2/c1-2-8-24(9-3-1)25-14-16-26(17-15-25)37-40-38(27-19-21-35-32(22-27)30-11-5-7-13-34(30)43-35)42-39(41-37)28-18-20-31-29-10-4-6-12-33(29)44-36(31)23-28/h1-23H. The Morgan fingerprint density at radius 3 is 1.48 bits per heavy atom. The van der Waals surface area contributed by atoms with E-state index in [-0.39, 0.29) is 0 Å².